The molecular formula is C24H24ClN4OP. The van der Waals surface area contributed by atoms with Crippen LogP contribution in [-0.4, -0.2) is 47.1 Å². The maximum Gasteiger partial charge on any atom is 0.137 e. The van der Waals surface area contributed by atoms with Crippen molar-refractivity contribution in [3.8, 4) is 28.1 Å². The van der Waals surface area contributed by atoms with Crippen molar-refractivity contribution in [1.82, 2.24) is 14.5 Å². The van der Waals surface area contributed by atoms with E-state index in [4.69, 9.17) is 21.3 Å². The number of benzene rings is 1. The molecule has 0 N–H and O–H groups in total. The van der Waals surface area contributed by atoms with E-state index in [9.17, 15) is 0 Å². The van der Waals surface area contributed by atoms with Crippen molar-refractivity contribution in [3.63, 3.8) is 0 Å². The fourth-order valence-electron chi connectivity index (χ4n) is 4.15. The molecule has 0 saturated carbocycles. The molecule has 5 nitrogen and oxygen atoms in total. The fourth-order valence-corrected chi connectivity index (χ4v) is 5.53. The van der Waals surface area contributed by atoms with Gasteiger partial charge in [0, 0.05) is 60.1 Å². The summed E-state index contributed by atoms with van der Waals surface area (Å²) in [7, 11) is 4.80. The van der Waals surface area contributed by atoms with Crippen molar-refractivity contribution in [1.29, 1.82) is 0 Å². The van der Waals surface area contributed by atoms with Crippen LogP contribution in [0.25, 0.3) is 33.3 Å². The summed E-state index contributed by atoms with van der Waals surface area (Å²) < 4.78 is 7.49. The standard InChI is InChI=1S/C24H24ClN4OP/c1-28-22(16-3-4-24(27-14-16)29-5-7-31-8-6-29)11-17-10-20(21(25)12-23(17)28)18-9-19(30-2)15-26-13-18/h3-4,9-15,31H,5-8H2,1-2H3. The minimum atomic E-state index is 0.689. The Kier molecular flexibility index (Phi) is 5.56. The topological polar surface area (TPSA) is 43.2 Å². The third kappa shape index (κ3) is 3.88. The highest BCUT2D eigenvalue weighted by Crippen LogP contribution is 2.36. The minimum Gasteiger partial charge on any atom is -0.495 e. The number of hydrogen-bond acceptors (Lipinski definition) is 4. The molecule has 4 aromatic rings. The number of halogens is 1. The highest BCUT2D eigenvalue weighted by molar-refractivity contribution is 7.38. The van der Waals surface area contributed by atoms with Crippen molar-refractivity contribution in [2.45, 2.75) is 0 Å². The summed E-state index contributed by atoms with van der Waals surface area (Å²) >= 11 is 6.67. The van der Waals surface area contributed by atoms with Gasteiger partial charge in [0.15, 0.2) is 0 Å². The van der Waals surface area contributed by atoms with Gasteiger partial charge in [0.1, 0.15) is 11.6 Å². The van der Waals surface area contributed by atoms with Gasteiger partial charge < -0.3 is 14.2 Å². The number of ether oxygens (including phenoxy) is 1. The number of methoxy groups -OCH3 is 1. The Morgan fingerprint density at radius 2 is 1.84 bits per heavy atom. The first kappa shape index (κ1) is 20.3. The SMILES string of the molecule is COc1cncc(-c2cc3cc(-c4ccc(N5CCPCC5)nc4)n(C)c3cc2Cl)c1. The van der Waals surface area contributed by atoms with E-state index in [2.05, 4.69) is 45.8 Å². The molecule has 7 heteroatoms. The average molecular weight is 451 g/mol. The van der Waals surface area contributed by atoms with Crippen LogP contribution in [0.3, 0.4) is 0 Å². The van der Waals surface area contributed by atoms with Crippen LogP contribution in [0.1, 0.15) is 0 Å². The van der Waals surface area contributed by atoms with Gasteiger partial charge in [0.05, 0.1) is 24.0 Å². The highest BCUT2D eigenvalue weighted by atomic mass is 35.5. The summed E-state index contributed by atoms with van der Waals surface area (Å²) in [6, 6.07) is 12.6. The van der Waals surface area contributed by atoms with E-state index < -0.39 is 0 Å². The molecule has 158 valence electrons. The van der Waals surface area contributed by atoms with Crippen LogP contribution in [0.2, 0.25) is 5.02 Å². The lowest BCUT2D eigenvalue weighted by molar-refractivity contribution is 0.413. The van der Waals surface area contributed by atoms with Crippen molar-refractivity contribution < 1.29 is 4.74 Å². The first-order valence-corrected chi connectivity index (χ1v) is 12.1. The largest absolute Gasteiger partial charge is 0.495 e. The molecule has 4 heterocycles. The fraction of sp³-hybridized carbons (Fsp3) is 0.250. The molecule has 0 aliphatic carbocycles. The van der Waals surface area contributed by atoms with E-state index >= 15 is 0 Å². The summed E-state index contributed by atoms with van der Waals surface area (Å²) in [6.07, 6.45) is 8.03. The second kappa shape index (κ2) is 8.49. The predicted molar refractivity (Wildman–Crippen MR) is 131 cm³/mol. The van der Waals surface area contributed by atoms with Crippen molar-refractivity contribution >= 4 is 36.9 Å². The Bertz CT molecular complexity index is 1230. The first-order chi connectivity index (χ1) is 15.1. The summed E-state index contributed by atoms with van der Waals surface area (Å²) in [5.41, 5.74) is 5.18. The van der Waals surface area contributed by atoms with Gasteiger partial charge in [-0.25, -0.2) is 4.98 Å². The molecular weight excluding hydrogens is 427 g/mol. The molecule has 1 aliphatic rings. The number of rotatable bonds is 4. The normalized spacial score (nSPS) is 14.2. The summed E-state index contributed by atoms with van der Waals surface area (Å²) in [5, 5.41) is 1.82. The van der Waals surface area contributed by atoms with E-state index in [0.29, 0.717) is 10.8 Å². The smallest absolute Gasteiger partial charge is 0.137 e. The van der Waals surface area contributed by atoms with Gasteiger partial charge in [-0.3, -0.25) is 4.98 Å². The molecule has 1 aromatic carbocycles. The number of nitrogens with zero attached hydrogens (tertiary/aromatic N) is 4. The number of aryl methyl sites for hydroxylation is 1. The first-order valence-electron chi connectivity index (χ1n) is 10.3. The Balaban J connectivity index is 1.52. The molecule has 0 bridgehead atoms. The lowest BCUT2D eigenvalue weighted by Crippen LogP contribution is -2.32. The second-order valence-corrected chi connectivity index (χ2v) is 9.64. The second-order valence-electron chi connectivity index (χ2n) is 7.74. The Labute approximate surface area is 188 Å². The van der Waals surface area contributed by atoms with Gasteiger partial charge in [-0.2, -0.15) is 0 Å². The molecule has 31 heavy (non-hydrogen) atoms. The summed E-state index contributed by atoms with van der Waals surface area (Å²) in [4.78, 5) is 11.4. The third-order valence-electron chi connectivity index (χ3n) is 5.88. The van der Waals surface area contributed by atoms with E-state index in [1.54, 1.807) is 13.3 Å². The number of anilines is 1. The molecule has 0 unspecified atom stereocenters. The minimum absolute atomic E-state index is 0.689. The zero-order valence-electron chi connectivity index (χ0n) is 17.6. The van der Waals surface area contributed by atoms with E-state index in [1.807, 2.05) is 24.5 Å². The third-order valence-corrected chi connectivity index (χ3v) is 7.34. The van der Waals surface area contributed by atoms with E-state index in [-0.39, 0.29) is 0 Å². The number of aromatic nitrogens is 3. The van der Waals surface area contributed by atoms with E-state index in [0.717, 1.165) is 60.8 Å². The lowest BCUT2D eigenvalue weighted by atomic mass is 10.1. The average Bonchev–Trinajstić information content (AvgIpc) is 3.14. The Morgan fingerprint density at radius 3 is 2.58 bits per heavy atom. The van der Waals surface area contributed by atoms with Crippen molar-refractivity contribution in [2.24, 2.45) is 7.05 Å². The molecule has 1 fully saturated rings. The molecule has 1 saturated heterocycles. The maximum atomic E-state index is 6.67. The van der Waals surface area contributed by atoms with Crippen LogP contribution < -0.4 is 9.64 Å². The van der Waals surface area contributed by atoms with Crippen LogP contribution in [0.4, 0.5) is 5.82 Å². The zero-order chi connectivity index (χ0) is 21.4. The molecule has 0 radical (unpaired) electrons. The van der Waals surface area contributed by atoms with Crippen LogP contribution in [0.15, 0.2) is 55.0 Å². The lowest BCUT2D eigenvalue weighted by Gasteiger charge is -2.27. The predicted octanol–water partition coefficient (Wildman–Crippen LogP) is 5.46. The zero-order valence-corrected chi connectivity index (χ0v) is 19.4. The van der Waals surface area contributed by atoms with Crippen LogP contribution in [-0.2, 0) is 7.05 Å². The molecule has 1 aliphatic heterocycles. The van der Waals surface area contributed by atoms with Crippen LogP contribution in [0, 0.1) is 0 Å². The van der Waals surface area contributed by atoms with Gasteiger partial charge in [0.2, 0.25) is 0 Å². The maximum absolute atomic E-state index is 6.67. The molecule has 0 amide bonds. The van der Waals surface area contributed by atoms with Crippen molar-refractivity contribution in [2.75, 3.05) is 37.4 Å². The van der Waals surface area contributed by atoms with Gasteiger partial charge in [0.25, 0.3) is 0 Å². The Hall–Kier alpha value is -2.62. The van der Waals surface area contributed by atoms with Crippen LogP contribution in [0.5, 0.6) is 5.75 Å². The summed E-state index contributed by atoms with van der Waals surface area (Å²) in [6.45, 7) is 2.22. The van der Waals surface area contributed by atoms with Gasteiger partial charge in [-0.15, -0.1) is 8.58 Å². The number of hydrogen-bond donors (Lipinski definition) is 0. The van der Waals surface area contributed by atoms with Gasteiger partial charge in [-0.1, -0.05) is 11.6 Å². The number of fused-ring (bicyclic) bond motifs is 1. The molecule has 5 rings (SSSR count). The van der Waals surface area contributed by atoms with Gasteiger partial charge >= 0.3 is 0 Å². The molecule has 0 spiro atoms. The van der Waals surface area contributed by atoms with Crippen LogP contribution >= 0.6 is 20.2 Å². The number of pyridine rings is 2. The quantitative estimate of drug-likeness (QED) is 0.387. The molecule has 3 aromatic heterocycles. The Morgan fingerprint density at radius 1 is 1.00 bits per heavy atom. The monoisotopic (exact) mass is 450 g/mol. The summed E-state index contributed by atoms with van der Waals surface area (Å²) in [5.74, 6) is 1.78. The van der Waals surface area contributed by atoms with E-state index in [1.165, 1.54) is 12.3 Å². The molecule has 0 atom stereocenters. The highest BCUT2D eigenvalue weighted by Gasteiger charge is 2.15. The van der Waals surface area contributed by atoms with Crippen molar-refractivity contribution in [3.05, 3.63) is 60.0 Å². The van der Waals surface area contributed by atoms with Gasteiger partial charge in [-0.05, 0) is 48.7 Å².